The van der Waals surface area contributed by atoms with Crippen LogP contribution in [-0.4, -0.2) is 4.98 Å². The van der Waals surface area contributed by atoms with E-state index in [4.69, 9.17) is 11.6 Å². The molecule has 0 aliphatic carbocycles. The van der Waals surface area contributed by atoms with Crippen molar-refractivity contribution in [3.63, 3.8) is 0 Å². The highest BCUT2D eigenvalue weighted by Crippen LogP contribution is 2.29. The van der Waals surface area contributed by atoms with Gasteiger partial charge in [-0.3, -0.25) is 0 Å². The Labute approximate surface area is 99.4 Å². The minimum atomic E-state index is -0.330. The van der Waals surface area contributed by atoms with E-state index < -0.39 is 0 Å². The van der Waals surface area contributed by atoms with Gasteiger partial charge in [-0.25, -0.2) is 9.37 Å². The molecule has 1 nitrogen and oxygen atoms in total. The van der Waals surface area contributed by atoms with E-state index in [-0.39, 0.29) is 5.82 Å². The molecule has 4 heteroatoms. The van der Waals surface area contributed by atoms with E-state index in [9.17, 15) is 4.39 Å². The maximum absolute atomic E-state index is 13.4. The van der Waals surface area contributed by atoms with Crippen LogP contribution >= 0.6 is 34.2 Å². The second kappa shape index (κ2) is 3.62. The van der Waals surface area contributed by atoms with Crippen LogP contribution in [0.3, 0.4) is 0 Å². The Bertz CT molecular complexity index is 513. The molecule has 72 valence electrons. The van der Waals surface area contributed by atoms with Crippen molar-refractivity contribution in [2.24, 2.45) is 0 Å². The first-order valence-corrected chi connectivity index (χ1v) is 5.46. The highest BCUT2D eigenvalue weighted by atomic mass is 127. The molecule has 1 aromatic carbocycles. The Balaban J connectivity index is 2.98. The van der Waals surface area contributed by atoms with Crippen LogP contribution in [0.25, 0.3) is 10.9 Å². The van der Waals surface area contributed by atoms with Crippen LogP contribution in [0.1, 0.15) is 5.69 Å². The lowest BCUT2D eigenvalue weighted by Crippen LogP contribution is -1.92. The fraction of sp³-hybridized carbons (Fsp3) is 0.100. The van der Waals surface area contributed by atoms with Gasteiger partial charge in [0.25, 0.3) is 0 Å². The number of pyridine rings is 1. The van der Waals surface area contributed by atoms with Crippen molar-refractivity contribution >= 4 is 45.1 Å². The van der Waals surface area contributed by atoms with Crippen molar-refractivity contribution in [2.45, 2.75) is 6.92 Å². The molecule has 2 rings (SSSR count). The Hall–Kier alpha value is -0.420. The summed E-state index contributed by atoms with van der Waals surface area (Å²) in [5.41, 5.74) is 1.10. The quantitative estimate of drug-likeness (QED) is 0.670. The van der Waals surface area contributed by atoms with E-state index in [2.05, 4.69) is 27.6 Å². The molecule has 0 bridgehead atoms. The molecular weight excluding hydrogens is 315 g/mol. The molecular formula is C10H6ClFIN. The third-order valence-corrected chi connectivity index (χ3v) is 4.04. The summed E-state index contributed by atoms with van der Waals surface area (Å²) in [7, 11) is 0. The standard InChI is InChI=1S/C10H6ClFIN/c1-5-9(13)8(11)6-3-2-4-7(12)10(6)14-5/h2-4H,1H3. The average molecular weight is 322 g/mol. The zero-order chi connectivity index (χ0) is 10.3. The molecule has 2 aromatic rings. The summed E-state index contributed by atoms with van der Waals surface area (Å²) in [4.78, 5) is 4.17. The molecule has 0 radical (unpaired) electrons. The van der Waals surface area contributed by atoms with Crippen LogP contribution in [-0.2, 0) is 0 Å². The summed E-state index contributed by atoms with van der Waals surface area (Å²) in [5.74, 6) is -0.330. The van der Waals surface area contributed by atoms with Gasteiger partial charge in [0.15, 0.2) is 0 Å². The van der Waals surface area contributed by atoms with Gasteiger partial charge in [-0.15, -0.1) is 0 Å². The molecule has 0 unspecified atom stereocenters. The first kappa shape index (κ1) is 10.1. The number of para-hydroxylation sites is 1. The van der Waals surface area contributed by atoms with Crippen molar-refractivity contribution in [1.29, 1.82) is 0 Å². The highest BCUT2D eigenvalue weighted by molar-refractivity contribution is 14.1. The molecule has 14 heavy (non-hydrogen) atoms. The summed E-state index contributed by atoms with van der Waals surface area (Å²) in [6.07, 6.45) is 0. The topological polar surface area (TPSA) is 12.9 Å². The molecule has 0 aliphatic heterocycles. The second-order valence-corrected chi connectivity index (χ2v) is 4.42. The molecule has 0 saturated carbocycles. The number of halogens is 3. The van der Waals surface area contributed by atoms with Gasteiger partial charge in [-0.05, 0) is 35.6 Å². The third kappa shape index (κ3) is 1.48. The van der Waals surface area contributed by atoms with Crippen LogP contribution in [0.2, 0.25) is 5.02 Å². The van der Waals surface area contributed by atoms with Gasteiger partial charge >= 0.3 is 0 Å². The lowest BCUT2D eigenvalue weighted by Gasteiger charge is -2.05. The summed E-state index contributed by atoms with van der Waals surface area (Å²) in [5, 5.41) is 1.24. The van der Waals surface area contributed by atoms with Crippen LogP contribution in [0.5, 0.6) is 0 Å². The Morgan fingerprint density at radius 1 is 1.43 bits per heavy atom. The van der Waals surface area contributed by atoms with E-state index >= 15 is 0 Å². The molecule has 0 fully saturated rings. The number of hydrogen-bond donors (Lipinski definition) is 0. The summed E-state index contributed by atoms with van der Waals surface area (Å²) in [6.45, 7) is 1.82. The zero-order valence-corrected chi connectivity index (χ0v) is 10.2. The molecule has 0 atom stereocenters. The SMILES string of the molecule is Cc1nc2c(F)cccc2c(Cl)c1I. The van der Waals surface area contributed by atoms with Crippen LogP contribution in [0.4, 0.5) is 4.39 Å². The van der Waals surface area contributed by atoms with E-state index in [0.29, 0.717) is 15.9 Å². The first-order valence-electron chi connectivity index (χ1n) is 4.01. The summed E-state index contributed by atoms with van der Waals surface area (Å²) < 4.78 is 14.2. The van der Waals surface area contributed by atoms with E-state index in [0.717, 1.165) is 9.26 Å². The van der Waals surface area contributed by atoms with Gasteiger partial charge in [0, 0.05) is 5.39 Å². The van der Waals surface area contributed by atoms with Crippen molar-refractivity contribution in [3.05, 3.63) is 38.3 Å². The van der Waals surface area contributed by atoms with Gasteiger partial charge in [-0.2, -0.15) is 0 Å². The zero-order valence-electron chi connectivity index (χ0n) is 7.31. The minimum absolute atomic E-state index is 0.330. The molecule has 0 spiro atoms. The van der Waals surface area contributed by atoms with Crippen molar-refractivity contribution < 1.29 is 4.39 Å². The molecule has 0 N–H and O–H groups in total. The van der Waals surface area contributed by atoms with Crippen LogP contribution < -0.4 is 0 Å². The van der Waals surface area contributed by atoms with E-state index in [1.165, 1.54) is 6.07 Å². The molecule has 1 heterocycles. The predicted octanol–water partition coefficient (Wildman–Crippen LogP) is 3.94. The monoisotopic (exact) mass is 321 g/mol. The van der Waals surface area contributed by atoms with Gasteiger partial charge in [0.1, 0.15) is 11.3 Å². The fourth-order valence-electron chi connectivity index (χ4n) is 1.30. The lowest BCUT2D eigenvalue weighted by molar-refractivity contribution is 0.636. The van der Waals surface area contributed by atoms with Gasteiger partial charge in [-0.1, -0.05) is 23.7 Å². The molecule has 1 aromatic heterocycles. The number of aryl methyl sites for hydroxylation is 1. The number of fused-ring (bicyclic) bond motifs is 1. The summed E-state index contributed by atoms with van der Waals surface area (Å²) >= 11 is 8.20. The Morgan fingerprint density at radius 2 is 2.14 bits per heavy atom. The number of rotatable bonds is 0. The second-order valence-electron chi connectivity index (χ2n) is 2.96. The van der Waals surface area contributed by atoms with Gasteiger partial charge in [0.05, 0.1) is 14.3 Å². The Morgan fingerprint density at radius 3 is 2.86 bits per heavy atom. The van der Waals surface area contributed by atoms with Gasteiger partial charge in [0.2, 0.25) is 0 Å². The first-order chi connectivity index (χ1) is 6.61. The third-order valence-electron chi connectivity index (χ3n) is 2.01. The Kier molecular flexibility index (Phi) is 2.62. The van der Waals surface area contributed by atoms with Crippen LogP contribution in [0, 0.1) is 16.3 Å². The minimum Gasteiger partial charge on any atom is -0.249 e. The lowest BCUT2D eigenvalue weighted by atomic mass is 10.2. The number of nitrogens with zero attached hydrogens (tertiary/aromatic N) is 1. The van der Waals surface area contributed by atoms with Gasteiger partial charge < -0.3 is 0 Å². The smallest absolute Gasteiger partial charge is 0.149 e. The molecule has 0 aliphatic rings. The predicted molar refractivity (Wildman–Crippen MR) is 64.2 cm³/mol. The van der Waals surface area contributed by atoms with Crippen molar-refractivity contribution in [1.82, 2.24) is 4.98 Å². The van der Waals surface area contributed by atoms with Crippen molar-refractivity contribution in [3.8, 4) is 0 Å². The maximum atomic E-state index is 13.4. The average Bonchev–Trinajstić information content (AvgIpc) is 2.17. The summed E-state index contributed by atoms with van der Waals surface area (Å²) in [6, 6.07) is 4.80. The van der Waals surface area contributed by atoms with E-state index in [1.54, 1.807) is 12.1 Å². The van der Waals surface area contributed by atoms with Crippen molar-refractivity contribution in [2.75, 3.05) is 0 Å². The van der Waals surface area contributed by atoms with E-state index in [1.807, 2.05) is 6.92 Å². The normalized spacial score (nSPS) is 10.9. The number of aromatic nitrogens is 1. The maximum Gasteiger partial charge on any atom is 0.149 e. The van der Waals surface area contributed by atoms with Crippen LogP contribution in [0.15, 0.2) is 18.2 Å². The number of benzene rings is 1. The molecule has 0 saturated heterocycles. The largest absolute Gasteiger partial charge is 0.249 e. The highest BCUT2D eigenvalue weighted by Gasteiger charge is 2.10. The number of hydrogen-bond acceptors (Lipinski definition) is 1. The fourth-order valence-corrected chi connectivity index (χ4v) is 2.00. The molecule has 0 amide bonds.